The maximum Gasteiger partial charge on any atom is 0.335 e. The van der Waals surface area contributed by atoms with E-state index in [0.29, 0.717) is 16.8 Å². The van der Waals surface area contributed by atoms with Crippen molar-refractivity contribution in [1.29, 1.82) is 0 Å². The fourth-order valence-corrected chi connectivity index (χ4v) is 4.39. The van der Waals surface area contributed by atoms with Gasteiger partial charge < -0.3 is 5.11 Å². The number of hydrogen-bond acceptors (Lipinski definition) is 6. The van der Waals surface area contributed by atoms with Gasteiger partial charge in [0.2, 0.25) is 5.88 Å². The summed E-state index contributed by atoms with van der Waals surface area (Å²) in [6.07, 6.45) is 6.02. The third-order valence-electron chi connectivity index (χ3n) is 6.03. The maximum atomic E-state index is 13.2. The molecule has 2 aliphatic rings. The number of benzene rings is 2. The molecule has 8 nitrogen and oxygen atoms in total. The van der Waals surface area contributed by atoms with Crippen LogP contribution in [0.25, 0.3) is 5.69 Å². The lowest BCUT2D eigenvalue weighted by Gasteiger charge is -2.30. The minimum absolute atomic E-state index is 0.175. The highest BCUT2D eigenvalue weighted by molar-refractivity contribution is 6.17. The van der Waals surface area contributed by atoms with Gasteiger partial charge in [-0.05, 0) is 30.7 Å². The van der Waals surface area contributed by atoms with Crippen molar-refractivity contribution in [2.75, 3.05) is 0 Å². The van der Waals surface area contributed by atoms with Crippen molar-refractivity contribution in [3.05, 3.63) is 116 Å². The summed E-state index contributed by atoms with van der Waals surface area (Å²) in [5, 5.41) is 10.8. The van der Waals surface area contributed by atoms with Gasteiger partial charge in [0.15, 0.2) is 11.6 Å². The first-order valence-corrected chi connectivity index (χ1v) is 10.6. The second kappa shape index (κ2) is 8.08. The Morgan fingerprint density at radius 3 is 2.47 bits per heavy atom. The van der Waals surface area contributed by atoms with Crippen LogP contribution in [0.5, 0.6) is 5.88 Å². The van der Waals surface area contributed by atoms with Gasteiger partial charge in [-0.1, -0.05) is 48.6 Å². The molecule has 5 rings (SSSR count). The summed E-state index contributed by atoms with van der Waals surface area (Å²) < 4.78 is 0.971. The molecule has 3 aromatic rings. The lowest BCUT2D eigenvalue weighted by Crippen LogP contribution is -2.37. The van der Waals surface area contributed by atoms with Crippen LogP contribution in [0.3, 0.4) is 0 Å². The first-order chi connectivity index (χ1) is 16.4. The molecule has 2 aromatic carbocycles. The smallest absolute Gasteiger partial charge is 0.335 e. The summed E-state index contributed by atoms with van der Waals surface area (Å²) >= 11 is 0. The number of fused-ring (bicyclic) bond motifs is 2. The number of aryl methyl sites for hydroxylation is 1. The predicted octanol–water partition coefficient (Wildman–Crippen LogP) is 2.72. The summed E-state index contributed by atoms with van der Waals surface area (Å²) in [7, 11) is 0. The predicted molar refractivity (Wildman–Crippen MR) is 126 cm³/mol. The zero-order chi connectivity index (χ0) is 24.0. The molecule has 0 aliphatic heterocycles. The van der Waals surface area contributed by atoms with Gasteiger partial charge >= 0.3 is 5.69 Å². The SMILES string of the molecule is Cc1cccc(-n2c(O)c(C=NC3=CC=C[C@H]4C(=O)c5ccccc5C(=O)[C@H]34)c(=O)[nH]c2=O)c1. The van der Waals surface area contributed by atoms with E-state index in [-0.39, 0.29) is 22.8 Å². The molecule has 1 aromatic heterocycles. The molecule has 0 bridgehead atoms. The third kappa shape index (κ3) is 3.36. The third-order valence-corrected chi connectivity index (χ3v) is 6.03. The molecule has 0 unspecified atom stereocenters. The number of rotatable bonds is 3. The van der Waals surface area contributed by atoms with E-state index in [9.17, 15) is 24.3 Å². The molecule has 0 saturated carbocycles. The molecule has 0 radical (unpaired) electrons. The number of hydrogen-bond donors (Lipinski definition) is 2. The Kier molecular flexibility index (Phi) is 5.05. The molecule has 2 N–H and O–H groups in total. The number of nitrogens with one attached hydrogen (secondary N) is 1. The number of aromatic hydroxyl groups is 1. The first kappa shape index (κ1) is 21.3. The number of Topliss-reactive ketones (excluding diaryl/α,β-unsaturated/α-hetero) is 2. The fraction of sp³-hybridized carbons (Fsp3) is 0.115. The fourth-order valence-electron chi connectivity index (χ4n) is 4.39. The summed E-state index contributed by atoms with van der Waals surface area (Å²) in [5.41, 5.74) is 0.358. The number of aliphatic imine (C=N–C) groups is 1. The van der Waals surface area contributed by atoms with Gasteiger partial charge in [-0.25, -0.2) is 9.36 Å². The Morgan fingerprint density at radius 2 is 1.74 bits per heavy atom. The van der Waals surface area contributed by atoms with Gasteiger partial charge in [-0.3, -0.25) is 24.4 Å². The highest BCUT2D eigenvalue weighted by Crippen LogP contribution is 2.38. The van der Waals surface area contributed by atoms with Crippen LogP contribution < -0.4 is 11.2 Å². The van der Waals surface area contributed by atoms with E-state index >= 15 is 0 Å². The maximum absolute atomic E-state index is 13.2. The Labute approximate surface area is 193 Å². The topological polar surface area (TPSA) is 122 Å². The highest BCUT2D eigenvalue weighted by atomic mass is 16.3. The average Bonchev–Trinajstić information content (AvgIpc) is 2.82. The zero-order valence-corrected chi connectivity index (χ0v) is 18.1. The summed E-state index contributed by atoms with van der Waals surface area (Å²) in [6, 6.07) is 13.5. The zero-order valence-electron chi connectivity index (χ0n) is 18.1. The van der Waals surface area contributed by atoms with Crippen LogP contribution >= 0.6 is 0 Å². The number of carbonyl (C=O) groups excluding carboxylic acids is 2. The van der Waals surface area contributed by atoms with Crippen molar-refractivity contribution in [1.82, 2.24) is 9.55 Å². The molecule has 2 aliphatic carbocycles. The molecule has 0 spiro atoms. The van der Waals surface area contributed by atoms with Crippen molar-refractivity contribution >= 4 is 17.8 Å². The van der Waals surface area contributed by atoms with Gasteiger partial charge in [0.05, 0.1) is 23.2 Å². The summed E-state index contributed by atoms with van der Waals surface area (Å²) in [4.78, 5) is 57.6. The molecular weight excluding hydrogens is 434 g/mol. The molecule has 168 valence electrons. The van der Waals surface area contributed by atoms with Crippen molar-refractivity contribution in [2.24, 2.45) is 16.8 Å². The van der Waals surface area contributed by atoms with E-state index in [4.69, 9.17) is 0 Å². The Balaban J connectivity index is 1.57. The largest absolute Gasteiger partial charge is 0.493 e. The number of aromatic nitrogens is 2. The minimum Gasteiger partial charge on any atom is -0.493 e. The van der Waals surface area contributed by atoms with E-state index in [1.807, 2.05) is 13.0 Å². The number of aromatic amines is 1. The Bertz CT molecular complexity index is 1570. The molecule has 8 heteroatoms. The Hall–Kier alpha value is -4.59. The van der Waals surface area contributed by atoms with Gasteiger partial charge in [-0.2, -0.15) is 0 Å². The van der Waals surface area contributed by atoms with Crippen LogP contribution in [-0.4, -0.2) is 32.4 Å². The monoisotopic (exact) mass is 453 g/mol. The Morgan fingerprint density at radius 1 is 1.00 bits per heavy atom. The van der Waals surface area contributed by atoms with Gasteiger partial charge in [0.25, 0.3) is 5.56 Å². The number of nitrogens with zero attached hydrogens (tertiary/aromatic N) is 2. The standard InChI is InChI=1S/C26H19N3O5/c1-14-6-4-7-15(12-14)29-25(33)19(24(32)28-26(29)34)13-27-20-11-5-10-18-21(20)23(31)17-9-3-2-8-16(17)22(18)30/h2-13,18,21,33H,1H3,(H,28,32,34)/t18-,21+/m1/s1. The van der Waals surface area contributed by atoms with E-state index in [2.05, 4.69) is 9.98 Å². The number of allylic oxidation sites excluding steroid dienone is 4. The number of ketones is 2. The van der Waals surface area contributed by atoms with Gasteiger partial charge in [0, 0.05) is 17.3 Å². The normalized spacial score (nSPS) is 19.1. The average molecular weight is 453 g/mol. The molecule has 1 heterocycles. The summed E-state index contributed by atoms with van der Waals surface area (Å²) in [5.74, 6) is -2.54. The van der Waals surface area contributed by atoms with E-state index in [1.54, 1.807) is 60.7 Å². The van der Waals surface area contributed by atoms with Gasteiger partial charge in [-0.15, -0.1) is 0 Å². The first-order valence-electron chi connectivity index (χ1n) is 10.6. The van der Waals surface area contributed by atoms with Crippen LogP contribution in [0.2, 0.25) is 0 Å². The molecule has 2 atom stereocenters. The lowest BCUT2D eigenvalue weighted by molar-refractivity contribution is 0.0793. The van der Waals surface area contributed by atoms with Crippen LogP contribution in [-0.2, 0) is 0 Å². The number of carbonyl (C=O) groups is 2. The summed E-state index contributed by atoms with van der Waals surface area (Å²) in [6.45, 7) is 1.83. The van der Waals surface area contributed by atoms with E-state index < -0.39 is 29.0 Å². The molecular formula is C26H19N3O5. The van der Waals surface area contributed by atoms with Crippen LogP contribution in [0.1, 0.15) is 31.8 Å². The van der Waals surface area contributed by atoms with Crippen molar-refractivity contribution < 1.29 is 14.7 Å². The van der Waals surface area contributed by atoms with Gasteiger partial charge in [0.1, 0.15) is 5.56 Å². The molecule has 0 amide bonds. The minimum atomic E-state index is -0.840. The van der Waals surface area contributed by atoms with Crippen LogP contribution in [0.15, 0.2) is 87.0 Å². The van der Waals surface area contributed by atoms with Crippen molar-refractivity contribution in [3.63, 3.8) is 0 Å². The van der Waals surface area contributed by atoms with Crippen LogP contribution in [0.4, 0.5) is 0 Å². The quantitative estimate of drug-likeness (QED) is 0.591. The molecule has 0 saturated heterocycles. The van der Waals surface area contributed by atoms with E-state index in [0.717, 1.165) is 16.3 Å². The molecule has 0 fully saturated rings. The number of H-pyrrole nitrogens is 1. The second-order valence-electron chi connectivity index (χ2n) is 8.18. The second-order valence-corrected chi connectivity index (χ2v) is 8.18. The lowest BCUT2D eigenvalue weighted by atomic mass is 9.71. The highest BCUT2D eigenvalue weighted by Gasteiger charge is 2.42. The molecule has 34 heavy (non-hydrogen) atoms. The van der Waals surface area contributed by atoms with Crippen LogP contribution in [0, 0.1) is 18.8 Å². The van der Waals surface area contributed by atoms with Crippen molar-refractivity contribution in [2.45, 2.75) is 6.92 Å². The van der Waals surface area contributed by atoms with E-state index in [1.165, 1.54) is 0 Å². The van der Waals surface area contributed by atoms with Crippen molar-refractivity contribution in [3.8, 4) is 11.6 Å².